The largest absolute Gasteiger partial charge is 0.465 e. The third-order valence-electron chi connectivity index (χ3n) is 5.70. The molecule has 2 aliphatic rings. The van der Waals surface area contributed by atoms with Crippen LogP contribution >= 0.6 is 11.3 Å². The molecular weight excluding hydrogens is 339 g/mol. The number of hydrogen-bond acceptors (Lipinski definition) is 3. The number of hydrogen-bond donors (Lipinski definition) is 1. The number of benzene rings is 1. The van der Waals surface area contributed by atoms with Gasteiger partial charge in [-0.05, 0) is 61.2 Å². The predicted molar refractivity (Wildman–Crippen MR) is 97.8 cm³/mol. The van der Waals surface area contributed by atoms with Gasteiger partial charge in [0.05, 0.1) is 5.69 Å². The van der Waals surface area contributed by atoms with Gasteiger partial charge >= 0.3 is 6.09 Å². The lowest BCUT2D eigenvalue weighted by Crippen LogP contribution is -2.51. The van der Waals surface area contributed by atoms with Crippen LogP contribution in [0.2, 0.25) is 0 Å². The third-order valence-corrected chi connectivity index (χ3v) is 6.39. The molecule has 25 heavy (non-hydrogen) atoms. The number of fused-ring (bicyclic) bond motifs is 2. The van der Waals surface area contributed by atoms with Gasteiger partial charge in [0, 0.05) is 23.7 Å². The highest BCUT2D eigenvalue weighted by molar-refractivity contribution is 7.08. The van der Waals surface area contributed by atoms with Crippen LogP contribution in [0.25, 0.3) is 11.1 Å². The average molecular weight is 360 g/mol. The van der Waals surface area contributed by atoms with E-state index >= 15 is 0 Å². The number of piperidine rings is 1. The van der Waals surface area contributed by atoms with E-state index < -0.39 is 11.9 Å². The summed E-state index contributed by atoms with van der Waals surface area (Å²) in [6.07, 6.45) is 2.64. The molecule has 1 amide bonds. The molecule has 1 aromatic heterocycles. The van der Waals surface area contributed by atoms with Crippen molar-refractivity contribution in [1.29, 1.82) is 0 Å². The molecule has 3 atom stereocenters. The van der Waals surface area contributed by atoms with Crippen LogP contribution < -0.4 is 4.90 Å². The first-order valence-corrected chi connectivity index (χ1v) is 9.55. The van der Waals surface area contributed by atoms with E-state index in [1.165, 1.54) is 22.3 Å². The van der Waals surface area contributed by atoms with Gasteiger partial charge in [-0.25, -0.2) is 9.18 Å². The van der Waals surface area contributed by atoms with Crippen LogP contribution in [0.3, 0.4) is 0 Å². The zero-order valence-electron chi connectivity index (χ0n) is 14.1. The van der Waals surface area contributed by atoms with Crippen LogP contribution in [0, 0.1) is 5.82 Å². The first kappa shape index (κ1) is 16.5. The highest BCUT2D eigenvalue weighted by Crippen LogP contribution is 2.41. The molecule has 0 aliphatic carbocycles. The molecule has 4 rings (SSSR count). The highest BCUT2D eigenvalue weighted by Gasteiger charge is 2.43. The fourth-order valence-corrected chi connectivity index (χ4v) is 5.09. The minimum absolute atomic E-state index is 0.180. The number of carbonyl (C=O) groups is 1. The van der Waals surface area contributed by atoms with Gasteiger partial charge < -0.3 is 10.0 Å². The van der Waals surface area contributed by atoms with Gasteiger partial charge in [-0.1, -0.05) is 12.1 Å². The molecule has 2 aromatic rings. The first-order chi connectivity index (χ1) is 12.1. The fourth-order valence-electron chi connectivity index (χ4n) is 4.44. The molecule has 2 fully saturated rings. The first-order valence-electron chi connectivity index (χ1n) is 8.61. The van der Waals surface area contributed by atoms with Crippen molar-refractivity contribution in [2.45, 2.75) is 43.8 Å². The van der Waals surface area contributed by atoms with Gasteiger partial charge in [-0.2, -0.15) is 11.3 Å². The Bertz CT molecular complexity index is 766. The monoisotopic (exact) mass is 360 g/mol. The fraction of sp³-hybridized carbons (Fsp3) is 0.421. The van der Waals surface area contributed by atoms with Crippen molar-refractivity contribution < 1.29 is 14.3 Å². The van der Waals surface area contributed by atoms with Gasteiger partial charge in [0.25, 0.3) is 0 Å². The summed E-state index contributed by atoms with van der Waals surface area (Å²) in [5, 5.41) is 13.8. The molecule has 0 spiro atoms. The number of rotatable bonds is 3. The summed E-state index contributed by atoms with van der Waals surface area (Å²) < 4.78 is 14.8. The van der Waals surface area contributed by atoms with E-state index in [0.717, 1.165) is 31.2 Å². The van der Waals surface area contributed by atoms with E-state index in [-0.39, 0.29) is 11.7 Å². The van der Waals surface area contributed by atoms with E-state index in [2.05, 4.69) is 11.9 Å². The lowest BCUT2D eigenvalue weighted by atomic mass is 9.95. The quantitative estimate of drug-likeness (QED) is 0.865. The van der Waals surface area contributed by atoms with Crippen molar-refractivity contribution in [1.82, 2.24) is 4.90 Å². The summed E-state index contributed by atoms with van der Waals surface area (Å²) in [7, 11) is 2.11. The summed E-state index contributed by atoms with van der Waals surface area (Å²) in [4.78, 5) is 15.8. The molecule has 2 saturated heterocycles. The maximum Gasteiger partial charge on any atom is 0.412 e. The molecule has 0 saturated carbocycles. The zero-order valence-corrected chi connectivity index (χ0v) is 14.9. The Morgan fingerprint density at radius 3 is 2.60 bits per heavy atom. The molecule has 4 nitrogen and oxygen atoms in total. The summed E-state index contributed by atoms with van der Waals surface area (Å²) in [6, 6.07) is 7.31. The Morgan fingerprint density at radius 1 is 1.28 bits per heavy atom. The Balaban J connectivity index is 1.77. The molecule has 132 valence electrons. The standard InChI is InChI=1S/C19H21FN2O2S/c1-21-13-5-6-14(21)10-15(9-13)22(19(23)24)18-16(3-2-4-17(18)20)12-7-8-25-11-12/h2-4,7-8,11,13-15H,5-6,9-10H2,1H3,(H,23,24)/t13-,14+,15+. The number of carboxylic acid groups (broad SMARTS) is 1. The predicted octanol–water partition coefficient (Wildman–Crippen LogP) is 4.66. The molecule has 2 aliphatic heterocycles. The van der Waals surface area contributed by atoms with E-state index in [1.54, 1.807) is 12.1 Å². The molecule has 1 N–H and O–H groups in total. The normalized spacial score (nSPS) is 25.9. The maximum atomic E-state index is 14.8. The Labute approximate surface area is 150 Å². The topological polar surface area (TPSA) is 43.8 Å². The molecule has 0 radical (unpaired) electrons. The van der Waals surface area contributed by atoms with Crippen molar-refractivity contribution in [2.24, 2.45) is 0 Å². The molecule has 6 heteroatoms. The van der Waals surface area contributed by atoms with Crippen molar-refractivity contribution >= 4 is 23.1 Å². The third kappa shape index (κ3) is 2.83. The number of amides is 1. The van der Waals surface area contributed by atoms with Crippen molar-refractivity contribution in [3.8, 4) is 11.1 Å². The van der Waals surface area contributed by atoms with Crippen LogP contribution in [0.15, 0.2) is 35.0 Å². The van der Waals surface area contributed by atoms with Gasteiger partial charge in [0.15, 0.2) is 0 Å². The molecule has 0 unspecified atom stereocenters. The number of para-hydroxylation sites is 1. The molecule has 2 bridgehead atoms. The Morgan fingerprint density at radius 2 is 2.00 bits per heavy atom. The SMILES string of the molecule is CN1[C@@H]2CC[C@H]1C[C@@H](N(C(=O)O)c1c(F)cccc1-c1ccsc1)C2. The van der Waals surface area contributed by atoms with E-state index in [0.29, 0.717) is 17.6 Å². The molecule has 1 aromatic carbocycles. The highest BCUT2D eigenvalue weighted by atomic mass is 32.1. The van der Waals surface area contributed by atoms with Crippen LogP contribution in [0.5, 0.6) is 0 Å². The van der Waals surface area contributed by atoms with Crippen molar-refractivity contribution in [3.63, 3.8) is 0 Å². The van der Waals surface area contributed by atoms with Gasteiger partial charge in [0.2, 0.25) is 0 Å². The minimum atomic E-state index is -1.07. The molecule has 3 heterocycles. The van der Waals surface area contributed by atoms with Crippen LogP contribution in [-0.2, 0) is 0 Å². The lowest BCUT2D eigenvalue weighted by molar-refractivity contribution is 0.151. The van der Waals surface area contributed by atoms with Crippen LogP contribution in [0.4, 0.5) is 14.9 Å². The van der Waals surface area contributed by atoms with Crippen LogP contribution in [-0.4, -0.2) is 41.3 Å². The summed E-state index contributed by atoms with van der Waals surface area (Å²) in [6.45, 7) is 0. The lowest BCUT2D eigenvalue weighted by Gasteiger charge is -2.41. The van der Waals surface area contributed by atoms with Gasteiger partial charge in [-0.3, -0.25) is 4.90 Å². The van der Waals surface area contributed by atoms with Crippen molar-refractivity contribution in [2.75, 3.05) is 11.9 Å². The minimum Gasteiger partial charge on any atom is -0.465 e. The molecular formula is C19H21FN2O2S. The Kier molecular flexibility index (Phi) is 4.25. The van der Waals surface area contributed by atoms with Gasteiger partial charge in [0.1, 0.15) is 5.82 Å². The maximum absolute atomic E-state index is 14.8. The second kappa shape index (κ2) is 6.42. The summed E-state index contributed by atoms with van der Waals surface area (Å²) >= 11 is 1.52. The zero-order chi connectivity index (χ0) is 17.6. The van der Waals surface area contributed by atoms with Crippen LogP contribution in [0.1, 0.15) is 25.7 Å². The van der Waals surface area contributed by atoms with Gasteiger partial charge in [-0.15, -0.1) is 0 Å². The second-order valence-corrected chi connectivity index (χ2v) is 7.76. The smallest absolute Gasteiger partial charge is 0.412 e. The van der Waals surface area contributed by atoms with E-state index in [1.807, 2.05) is 16.8 Å². The van der Waals surface area contributed by atoms with Crippen molar-refractivity contribution in [3.05, 3.63) is 40.8 Å². The average Bonchev–Trinajstić information content (AvgIpc) is 3.16. The van der Waals surface area contributed by atoms with E-state index in [9.17, 15) is 14.3 Å². The number of anilines is 1. The number of thiophene rings is 1. The summed E-state index contributed by atoms with van der Waals surface area (Å²) in [5.74, 6) is -0.475. The second-order valence-electron chi connectivity index (χ2n) is 6.98. The summed E-state index contributed by atoms with van der Waals surface area (Å²) in [5.41, 5.74) is 1.71. The number of halogens is 1. The van der Waals surface area contributed by atoms with E-state index in [4.69, 9.17) is 0 Å². The Hall–Kier alpha value is -1.92. The number of nitrogens with zero attached hydrogens (tertiary/aromatic N) is 2.